The molecular formula is C27H27N7O. The van der Waals surface area contributed by atoms with Gasteiger partial charge in [0.2, 0.25) is 5.95 Å². The number of nitrogens with one attached hydrogen (secondary N) is 2. The van der Waals surface area contributed by atoms with Crippen LogP contribution in [-0.2, 0) is 0 Å². The molecule has 2 aromatic heterocycles. The van der Waals surface area contributed by atoms with Crippen molar-refractivity contribution in [3.63, 3.8) is 0 Å². The normalized spacial score (nSPS) is 14.0. The first-order valence-electron chi connectivity index (χ1n) is 11.6. The molecular weight excluding hydrogens is 438 g/mol. The second-order valence-electron chi connectivity index (χ2n) is 8.57. The second kappa shape index (κ2) is 9.87. The third-order valence-electron chi connectivity index (χ3n) is 6.16. The van der Waals surface area contributed by atoms with E-state index in [2.05, 4.69) is 62.7 Å². The number of hydrogen-bond acceptors (Lipinski definition) is 6. The van der Waals surface area contributed by atoms with Crippen LogP contribution in [0, 0.1) is 12.3 Å². The van der Waals surface area contributed by atoms with Crippen LogP contribution < -0.4 is 15.5 Å². The molecule has 1 fully saturated rings. The average molecular weight is 466 g/mol. The second-order valence-corrected chi connectivity index (χ2v) is 8.57. The number of terminal acetylenes is 1. The molecule has 4 aromatic rings. The van der Waals surface area contributed by atoms with E-state index < -0.39 is 0 Å². The molecule has 2 aromatic carbocycles. The highest BCUT2D eigenvalue weighted by Crippen LogP contribution is 2.25. The first-order valence-corrected chi connectivity index (χ1v) is 11.6. The summed E-state index contributed by atoms with van der Waals surface area (Å²) in [7, 11) is 2.16. The highest BCUT2D eigenvalue weighted by molar-refractivity contribution is 5.95. The van der Waals surface area contributed by atoms with Gasteiger partial charge in [0.05, 0.1) is 24.0 Å². The Balaban J connectivity index is 1.35. The average Bonchev–Trinajstić information content (AvgIpc) is 3.32. The van der Waals surface area contributed by atoms with Crippen LogP contribution in [0.5, 0.6) is 0 Å². The molecule has 1 aliphatic rings. The third kappa shape index (κ3) is 4.95. The SMILES string of the molecule is C#CCNC(=O)c1cccc(-c2ccc3cnc(Nc4ccc(N5CCN(C)CC5)cc4)nn23)c1. The molecule has 1 saturated heterocycles. The Morgan fingerprint density at radius 2 is 1.86 bits per heavy atom. The molecule has 176 valence electrons. The summed E-state index contributed by atoms with van der Waals surface area (Å²) in [6.07, 6.45) is 7.03. The molecule has 5 rings (SSSR count). The summed E-state index contributed by atoms with van der Waals surface area (Å²) < 4.78 is 1.83. The fourth-order valence-electron chi connectivity index (χ4n) is 4.18. The molecule has 0 radical (unpaired) electrons. The van der Waals surface area contributed by atoms with Gasteiger partial charge in [0, 0.05) is 48.7 Å². The molecule has 2 N–H and O–H groups in total. The summed E-state index contributed by atoms with van der Waals surface area (Å²) in [5, 5.41) is 10.7. The van der Waals surface area contributed by atoms with Crippen molar-refractivity contribution >= 4 is 28.7 Å². The van der Waals surface area contributed by atoms with E-state index in [4.69, 9.17) is 11.5 Å². The quantitative estimate of drug-likeness (QED) is 0.426. The number of aromatic nitrogens is 3. The Labute approximate surface area is 204 Å². The van der Waals surface area contributed by atoms with Crippen LogP contribution in [0.1, 0.15) is 10.4 Å². The first-order chi connectivity index (χ1) is 17.1. The largest absolute Gasteiger partial charge is 0.369 e. The first kappa shape index (κ1) is 22.4. The summed E-state index contributed by atoms with van der Waals surface area (Å²) in [6.45, 7) is 4.41. The van der Waals surface area contributed by atoms with E-state index >= 15 is 0 Å². The minimum atomic E-state index is -0.206. The molecule has 0 atom stereocenters. The van der Waals surface area contributed by atoms with Gasteiger partial charge in [-0.15, -0.1) is 11.5 Å². The zero-order valence-electron chi connectivity index (χ0n) is 19.6. The number of rotatable bonds is 6. The maximum Gasteiger partial charge on any atom is 0.252 e. The van der Waals surface area contributed by atoms with E-state index in [1.807, 2.05) is 34.8 Å². The summed E-state index contributed by atoms with van der Waals surface area (Å²) in [5.74, 6) is 2.70. The molecule has 8 nitrogen and oxygen atoms in total. The third-order valence-corrected chi connectivity index (χ3v) is 6.16. The summed E-state index contributed by atoms with van der Waals surface area (Å²) >= 11 is 0. The predicted octanol–water partition coefficient (Wildman–Crippen LogP) is 3.25. The Hall–Kier alpha value is -4.35. The molecule has 1 aliphatic heterocycles. The minimum Gasteiger partial charge on any atom is -0.369 e. The van der Waals surface area contributed by atoms with Gasteiger partial charge in [-0.25, -0.2) is 9.50 Å². The van der Waals surface area contributed by atoms with Crippen molar-refractivity contribution in [1.29, 1.82) is 0 Å². The Bertz CT molecular complexity index is 1380. The number of nitrogens with zero attached hydrogens (tertiary/aromatic N) is 5. The Morgan fingerprint density at radius 1 is 1.06 bits per heavy atom. The van der Waals surface area contributed by atoms with Crippen molar-refractivity contribution in [3.8, 4) is 23.6 Å². The molecule has 0 spiro atoms. The van der Waals surface area contributed by atoms with Crippen molar-refractivity contribution in [2.75, 3.05) is 50.0 Å². The van der Waals surface area contributed by atoms with Crippen LogP contribution in [0.25, 0.3) is 16.8 Å². The summed E-state index contributed by atoms with van der Waals surface area (Å²) in [5.41, 5.74) is 5.28. The zero-order chi connectivity index (χ0) is 24.2. The van der Waals surface area contributed by atoms with Gasteiger partial charge >= 0.3 is 0 Å². The monoisotopic (exact) mass is 465 g/mol. The van der Waals surface area contributed by atoms with E-state index in [-0.39, 0.29) is 12.5 Å². The van der Waals surface area contributed by atoms with E-state index in [9.17, 15) is 4.79 Å². The number of anilines is 3. The number of hydrogen-bond donors (Lipinski definition) is 2. The lowest BCUT2D eigenvalue weighted by molar-refractivity contribution is 0.0958. The maximum atomic E-state index is 12.3. The number of amides is 1. The Morgan fingerprint density at radius 3 is 2.63 bits per heavy atom. The predicted molar refractivity (Wildman–Crippen MR) is 139 cm³/mol. The van der Waals surface area contributed by atoms with Gasteiger partial charge in [0.1, 0.15) is 0 Å². The van der Waals surface area contributed by atoms with Crippen molar-refractivity contribution in [2.24, 2.45) is 0 Å². The van der Waals surface area contributed by atoms with Crippen molar-refractivity contribution in [1.82, 2.24) is 24.8 Å². The number of carbonyl (C=O) groups excluding carboxylic acids is 1. The van der Waals surface area contributed by atoms with Gasteiger partial charge in [0.25, 0.3) is 5.91 Å². The lowest BCUT2D eigenvalue weighted by Crippen LogP contribution is -2.44. The fraction of sp³-hybridized carbons (Fsp3) is 0.222. The van der Waals surface area contributed by atoms with Gasteiger partial charge in [-0.3, -0.25) is 4.79 Å². The van der Waals surface area contributed by atoms with Gasteiger partial charge in [-0.2, -0.15) is 0 Å². The molecule has 35 heavy (non-hydrogen) atoms. The zero-order valence-corrected chi connectivity index (χ0v) is 19.6. The van der Waals surface area contributed by atoms with Crippen LogP contribution in [0.4, 0.5) is 17.3 Å². The highest BCUT2D eigenvalue weighted by Gasteiger charge is 2.14. The molecule has 0 aliphatic carbocycles. The smallest absolute Gasteiger partial charge is 0.252 e. The van der Waals surface area contributed by atoms with Crippen molar-refractivity contribution < 1.29 is 4.79 Å². The molecule has 0 bridgehead atoms. The summed E-state index contributed by atoms with van der Waals surface area (Å²) in [6, 6.07) is 19.7. The summed E-state index contributed by atoms with van der Waals surface area (Å²) in [4.78, 5) is 21.5. The molecule has 3 heterocycles. The van der Waals surface area contributed by atoms with Crippen molar-refractivity contribution in [3.05, 3.63) is 72.4 Å². The molecule has 0 unspecified atom stereocenters. The fourth-order valence-corrected chi connectivity index (χ4v) is 4.18. The molecule has 8 heteroatoms. The standard InChI is InChI=1S/C27H27N7O/c1-3-13-28-26(35)21-6-4-5-20(18-21)25-12-11-24-19-29-27(31-34(24)25)30-22-7-9-23(10-8-22)33-16-14-32(2)15-17-33/h1,4-12,18-19H,13-17H2,2H3,(H,28,35)(H,30,31). The van der Waals surface area contributed by atoms with Crippen LogP contribution in [0.3, 0.4) is 0 Å². The minimum absolute atomic E-state index is 0.190. The van der Waals surface area contributed by atoms with Crippen LogP contribution in [-0.4, -0.2) is 65.2 Å². The van der Waals surface area contributed by atoms with Crippen LogP contribution >= 0.6 is 0 Å². The number of fused-ring (bicyclic) bond motifs is 1. The molecule has 1 amide bonds. The van der Waals surface area contributed by atoms with Gasteiger partial charge in [0.15, 0.2) is 0 Å². The molecule has 0 saturated carbocycles. The van der Waals surface area contributed by atoms with E-state index in [1.54, 1.807) is 12.3 Å². The maximum absolute atomic E-state index is 12.3. The van der Waals surface area contributed by atoms with Gasteiger partial charge in [-0.1, -0.05) is 18.1 Å². The number of piperazine rings is 1. The van der Waals surface area contributed by atoms with Gasteiger partial charge in [-0.05, 0) is 55.6 Å². The lowest BCUT2D eigenvalue weighted by Gasteiger charge is -2.34. The van der Waals surface area contributed by atoms with E-state index in [1.165, 1.54) is 5.69 Å². The van der Waals surface area contributed by atoms with Crippen molar-refractivity contribution in [2.45, 2.75) is 0 Å². The number of benzene rings is 2. The van der Waals surface area contributed by atoms with E-state index in [0.29, 0.717) is 11.5 Å². The van der Waals surface area contributed by atoms with E-state index in [0.717, 1.165) is 48.6 Å². The van der Waals surface area contributed by atoms with Crippen LogP contribution in [0.15, 0.2) is 66.9 Å². The van der Waals surface area contributed by atoms with Gasteiger partial charge < -0.3 is 20.4 Å². The number of likely N-dealkylation sites (N-methyl/N-ethyl adjacent to an activating group) is 1. The highest BCUT2D eigenvalue weighted by atomic mass is 16.1. The topological polar surface area (TPSA) is 77.8 Å². The lowest BCUT2D eigenvalue weighted by atomic mass is 10.1. The Kier molecular flexibility index (Phi) is 6.33. The van der Waals surface area contributed by atoms with Crippen LogP contribution in [0.2, 0.25) is 0 Å². The number of carbonyl (C=O) groups is 1.